The normalized spacial score (nSPS) is 27.1. The monoisotopic (exact) mass is 222 g/mol. The molecule has 0 amide bonds. The Bertz CT molecular complexity index is 434. The van der Waals surface area contributed by atoms with Gasteiger partial charge in [-0.1, -0.05) is 13.8 Å². The van der Waals surface area contributed by atoms with Gasteiger partial charge in [0, 0.05) is 12.2 Å². The molecule has 0 saturated heterocycles. The molecule has 1 atom stereocenters. The van der Waals surface area contributed by atoms with Crippen LogP contribution in [-0.4, -0.2) is 20.9 Å². The van der Waals surface area contributed by atoms with E-state index in [0.717, 1.165) is 5.69 Å². The lowest BCUT2D eigenvalue weighted by Gasteiger charge is -2.19. The lowest BCUT2D eigenvalue weighted by atomic mass is 9.92. The largest absolute Gasteiger partial charge is 0.481 e. The van der Waals surface area contributed by atoms with Crippen LogP contribution in [0.25, 0.3) is 0 Å². The highest BCUT2D eigenvalue weighted by Crippen LogP contribution is 2.64. The molecule has 4 nitrogen and oxygen atoms in total. The summed E-state index contributed by atoms with van der Waals surface area (Å²) in [6.45, 7) is 8.03. The zero-order valence-corrected chi connectivity index (χ0v) is 10.2. The summed E-state index contributed by atoms with van der Waals surface area (Å²) in [5, 5.41) is 13.7. The van der Waals surface area contributed by atoms with Gasteiger partial charge in [0.1, 0.15) is 5.41 Å². The Morgan fingerprint density at radius 1 is 1.56 bits per heavy atom. The minimum Gasteiger partial charge on any atom is -0.481 e. The predicted octanol–water partition coefficient (Wildman–Crippen LogP) is 2.22. The zero-order valence-electron chi connectivity index (χ0n) is 10.2. The van der Waals surface area contributed by atoms with E-state index in [1.54, 1.807) is 6.20 Å². The van der Waals surface area contributed by atoms with Crippen LogP contribution < -0.4 is 0 Å². The van der Waals surface area contributed by atoms with Crippen LogP contribution in [-0.2, 0) is 10.2 Å². The second kappa shape index (κ2) is 3.09. The smallest absolute Gasteiger partial charge is 0.316 e. The summed E-state index contributed by atoms with van der Waals surface area (Å²) in [4.78, 5) is 11.5. The third-order valence-electron chi connectivity index (χ3n) is 3.70. The SMILES string of the molecule is CC(C)n1nccc1C1(C(=O)O)CC1(C)C. The van der Waals surface area contributed by atoms with Crippen LogP contribution in [0.4, 0.5) is 0 Å². The molecule has 0 radical (unpaired) electrons. The standard InChI is InChI=1S/C12H18N2O2/c1-8(2)14-9(5-6-13-14)12(10(15)16)7-11(12,3)4/h5-6,8H,7H2,1-4H3,(H,15,16). The third-order valence-corrected chi connectivity index (χ3v) is 3.70. The van der Waals surface area contributed by atoms with Crippen molar-refractivity contribution in [2.24, 2.45) is 5.41 Å². The quantitative estimate of drug-likeness (QED) is 0.853. The molecule has 16 heavy (non-hydrogen) atoms. The molecule has 1 N–H and O–H groups in total. The maximum atomic E-state index is 11.5. The number of aromatic nitrogens is 2. The molecule has 4 heteroatoms. The average molecular weight is 222 g/mol. The van der Waals surface area contributed by atoms with Crippen LogP contribution in [0.1, 0.15) is 45.9 Å². The average Bonchev–Trinajstić information content (AvgIpc) is 2.61. The summed E-state index contributed by atoms with van der Waals surface area (Å²) in [7, 11) is 0. The van der Waals surface area contributed by atoms with Gasteiger partial charge in [0.15, 0.2) is 0 Å². The first-order valence-electron chi connectivity index (χ1n) is 5.60. The molecule has 88 valence electrons. The lowest BCUT2D eigenvalue weighted by Crippen LogP contribution is -2.29. The molecule has 1 fully saturated rings. The second-order valence-electron chi connectivity index (χ2n) is 5.53. The Balaban J connectivity index is 2.51. The molecule has 0 aromatic carbocycles. The van der Waals surface area contributed by atoms with Crippen molar-refractivity contribution < 1.29 is 9.90 Å². The Morgan fingerprint density at radius 2 is 2.12 bits per heavy atom. The van der Waals surface area contributed by atoms with E-state index in [-0.39, 0.29) is 11.5 Å². The highest BCUT2D eigenvalue weighted by molar-refractivity contribution is 5.86. The summed E-state index contributed by atoms with van der Waals surface area (Å²) in [5.74, 6) is -0.736. The molecule has 1 heterocycles. The molecule has 0 spiro atoms. The van der Waals surface area contributed by atoms with Gasteiger partial charge in [-0.2, -0.15) is 5.10 Å². The molecular weight excluding hydrogens is 204 g/mol. The van der Waals surface area contributed by atoms with E-state index in [9.17, 15) is 9.90 Å². The topological polar surface area (TPSA) is 55.1 Å². The van der Waals surface area contributed by atoms with Crippen LogP contribution >= 0.6 is 0 Å². The van der Waals surface area contributed by atoms with Crippen molar-refractivity contribution in [2.75, 3.05) is 0 Å². The molecule has 0 aliphatic heterocycles. The van der Waals surface area contributed by atoms with E-state index >= 15 is 0 Å². The number of nitrogens with zero attached hydrogens (tertiary/aromatic N) is 2. The minimum atomic E-state index is -0.742. The highest BCUT2D eigenvalue weighted by Gasteiger charge is 2.69. The summed E-state index contributed by atoms with van der Waals surface area (Å²) in [5.41, 5.74) is -0.0841. The van der Waals surface area contributed by atoms with Crippen LogP contribution in [0.3, 0.4) is 0 Å². The summed E-state index contributed by atoms with van der Waals surface area (Å²) in [6.07, 6.45) is 2.38. The first kappa shape index (κ1) is 11.2. The van der Waals surface area contributed by atoms with Crippen molar-refractivity contribution in [3.05, 3.63) is 18.0 Å². The van der Waals surface area contributed by atoms with Gasteiger partial charge >= 0.3 is 5.97 Å². The van der Waals surface area contributed by atoms with Gasteiger partial charge in [-0.25, -0.2) is 0 Å². The second-order valence-corrected chi connectivity index (χ2v) is 5.53. The molecule has 1 aliphatic carbocycles. The number of carboxylic acids is 1. The van der Waals surface area contributed by atoms with E-state index in [4.69, 9.17) is 0 Å². The number of rotatable bonds is 3. The molecule has 1 saturated carbocycles. The first-order valence-corrected chi connectivity index (χ1v) is 5.60. The van der Waals surface area contributed by atoms with Crippen LogP contribution in [0.2, 0.25) is 0 Å². The van der Waals surface area contributed by atoms with Crippen LogP contribution in [0, 0.1) is 5.41 Å². The van der Waals surface area contributed by atoms with Gasteiger partial charge in [-0.3, -0.25) is 9.48 Å². The highest BCUT2D eigenvalue weighted by atomic mass is 16.4. The Kier molecular flexibility index (Phi) is 2.16. The van der Waals surface area contributed by atoms with Crippen molar-refractivity contribution in [1.29, 1.82) is 0 Å². The predicted molar refractivity (Wildman–Crippen MR) is 60.3 cm³/mol. The Morgan fingerprint density at radius 3 is 2.50 bits per heavy atom. The Labute approximate surface area is 95.3 Å². The van der Waals surface area contributed by atoms with Crippen molar-refractivity contribution in [3.8, 4) is 0 Å². The van der Waals surface area contributed by atoms with E-state index < -0.39 is 11.4 Å². The van der Waals surface area contributed by atoms with Gasteiger partial charge in [0.05, 0.1) is 5.69 Å². The van der Waals surface area contributed by atoms with E-state index in [1.165, 1.54) is 0 Å². The fourth-order valence-electron chi connectivity index (χ4n) is 2.59. The first-order chi connectivity index (χ1) is 7.33. The fourth-order valence-corrected chi connectivity index (χ4v) is 2.59. The number of hydrogen-bond donors (Lipinski definition) is 1. The molecule has 1 aromatic rings. The van der Waals surface area contributed by atoms with Gasteiger partial charge < -0.3 is 5.11 Å². The number of carboxylic acid groups (broad SMARTS) is 1. The maximum absolute atomic E-state index is 11.5. The summed E-state index contributed by atoms with van der Waals surface area (Å²) < 4.78 is 1.82. The molecule has 1 unspecified atom stereocenters. The summed E-state index contributed by atoms with van der Waals surface area (Å²) in [6, 6.07) is 2.03. The van der Waals surface area contributed by atoms with Gasteiger partial charge in [0.2, 0.25) is 0 Å². The van der Waals surface area contributed by atoms with E-state index in [2.05, 4.69) is 5.10 Å². The molecule has 1 aromatic heterocycles. The minimum absolute atomic E-state index is 0.175. The lowest BCUT2D eigenvalue weighted by molar-refractivity contribution is -0.141. The van der Waals surface area contributed by atoms with Crippen LogP contribution in [0.5, 0.6) is 0 Å². The Hall–Kier alpha value is -1.32. The summed E-state index contributed by atoms with van der Waals surface area (Å²) >= 11 is 0. The number of hydrogen-bond acceptors (Lipinski definition) is 2. The molecule has 0 bridgehead atoms. The maximum Gasteiger partial charge on any atom is 0.316 e. The van der Waals surface area contributed by atoms with Crippen LogP contribution in [0.15, 0.2) is 12.3 Å². The van der Waals surface area contributed by atoms with Crippen molar-refractivity contribution in [1.82, 2.24) is 9.78 Å². The van der Waals surface area contributed by atoms with Gasteiger partial charge in [-0.15, -0.1) is 0 Å². The van der Waals surface area contributed by atoms with Gasteiger partial charge in [-0.05, 0) is 31.7 Å². The van der Waals surface area contributed by atoms with Crippen molar-refractivity contribution in [3.63, 3.8) is 0 Å². The fraction of sp³-hybridized carbons (Fsp3) is 0.667. The third kappa shape index (κ3) is 1.22. The zero-order chi connectivity index (χ0) is 12.1. The van der Waals surface area contributed by atoms with Crippen molar-refractivity contribution in [2.45, 2.75) is 45.6 Å². The number of carbonyl (C=O) groups is 1. The molecule has 1 aliphatic rings. The molecule has 2 rings (SSSR count). The molecular formula is C12H18N2O2. The van der Waals surface area contributed by atoms with E-state index in [1.807, 2.05) is 38.4 Å². The van der Waals surface area contributed by atoms with E-state index in [0.29, 0.717) is 6.42 Å². The van der Waals surface area contributed by atoms with Gasteiger partial charge in [0.25, 0.3) is 0 Å². The number of aliphatic carboxylic acids is 1. The van der Waals surface area contributed by atoms with Crippen molar-refractivity contribution >= 4 is 5.97 Å².